The molecule has 2 aromatic carbocycles. The summed E-state index contributed by atoms with van der Waals surface area (Å²) < 4.78 is 28.7. The summed E-state index contributed by atoms with van der Waals surface area (Å²) in [6.45, 7) is -1.27. The Kier molecular flexibility index (Phi) is 5.19. The van der Waals surface area contributed by atoms with Crippen molar-refractivity contribution in [3.8, 4) is 5.75 Å². The fourth-order valence-corrected chi connectivity index (χ4v) is 1.83. The highest BCUT2D eigenvalue weighted by Gasteiger charge is 2.11. The highest BCUT2D eigenvalue weighted by atomic mass is 19.3. The summed E-state index contributed by atoms with van der Waals surface area (Å²) in [7, 11) is 0. The number of nitrogens with one attached hydrogen (secondary N) is 1. The normalized spacial score (nSPS) is 11.4. The van der Waals surface area contributed by atoms with E-state index in [1.54, 1.807) is 31.2 Å². The molecule has 8 heteroatoms. The Morgan fingerprint density at radius 2 is 2.00 bits per heavy atom. The number of nitro groups is 1. The summed E-state index contributed by atoms with van der Waals surface area (Å²) in [5, 5.41) is 15.0. The Bertz CT molecular complexity index is 735. The van der Waals surface area contributed by atoms with E-state index in [2.05, 4.69) is 15.3 Å². The summed E-state index contributed by atoms with van der Waals surface area (Å²) in [6, 6.07) is 12.1. The van der Waals surface area contributed by atoms with Crippen LogP contribution in [0.5, 0.6) is 5.75 Å². The summed E-state index contributed by atoms with van der Waals surface area (Å²) in [4.78, 5) is 10.4. The SMILES string of the molecule is C/C(=N/Nc1ccccc1[N+](=O)[O-])c1cccc(OC(F)F)c1. The van der Waals surface area contributed by atoms with Gasteiger partial charge >= 0.3 is 6.61 Å². The lowest BCUT2D eigenvalue weighted by Gasteiger charge is -2.07. The van der Waals surface area contributed by atoms with E-state index in [1.807, 2.05) is 0 Å². The van der Waals surface area contributed by atoms with Crippen LogP contribution in [0.3, 0.4) is 0 Å². The number of para-hydroxylation sites is 2. The van der Waals surface area contributed by atoms with Crippen LogP contribution in [0.15, 0.2) is 53.6 Å². The fraction of sp³-hybridized carbons (Fsp3) is 0.133. The highest BCUT2D eigenvalue weighted by molar-refractivity contribution is 5.99. The first kappa shape index (κ1) is 16.3. The highest BCUT2D eigenvalue weighted by Crippen LogP contribution is 2.23. The zero-order valence-electron chi connectivity index (χ0n) is 12.1. The van der Waals surface area contributed by atoms with E-state index in [1.165, 1.54) is 24.3 Å². The predicted molar refractivity (Wildman–Crippen MR) is 82.0 cm³/mol. The summed E-state index contributed by atoms with van der Waals surface area (Å²) in [6.07, 6.45) is 0. The van der Waals surface area contributed by atoms with E-state index in [4.69, 9.17) is 0 Å². The molecule has 2 aromatic rings. The molecule has 0 bridgehead atoms. The number of ether oxygens (including phenoxy) is 1. The molecule has 0 atom stereocenters. The minimum Gasteiger partial charge on any atom is -0.435 e. The smallest absolute Gasteiger partial charge is 0.387 e. The van der Waals surface area contributed by atoms with Crippen LogP contribution in [0.1, 0.15) is 12.5 Å². The summed E-state index contributed by atoms with van der Waals surface area (Å²) in [5.74, 6) is 0.0118. The summed E-state index contributed by atoms with van der Waals surface area (Å²) in [5.41, 5.74) is 3.74. The van der Waals surface area contributed by atoms with Gasteiger partial charge in [0.2, 0.25) is 0 Å². The van der Waals surface area contributed by atoms with E-state index in [0.29, 0.717) is 11.3 Å². The van der Waals surface area contributed by atoms with Crippen molar-refractivity contribution in [2.75, 3.05) is 5.43 Å². The van der Waals surface area contributed by atoms with Gasteiger partial charge in [-0.1, -0.05) is 24.3 Å². The van der Waals surface area contributed by atoms with E-state index in [9.17, 15) is 18.9 Å². The van der Waals surface area contributed by atoms with Gasteiger partial charge in [-0.05, 0) is 25.1 Å². The maximum absolute atomic E-state index is 12.2. The number of nitro benzene ring substituents is 1. The van der Waals surface area contributed by atoms with Gasteiger partial charge in [-0.15, -0.1) is 0 Å². The third-order valence-electron chi connectivity index (χ3n) is 2.92. The third-order valence-corrected chi connectivity index (χ3v) is 2.92. The molecule has 0 fully saturated rings. The minimum atomic E-state index is -2.91. The first-order valence-corrected chi connectivity index (χ1v) is 6.56. The molecule has 0 aliphatic carbocycles. The van der Waals surface area contributed by atoms with Gasteiger partial charge in [-0.2, -0.15) is 13.9 Å². The lowest BCUT2D eigenvalue weighted by molar-refractivity contribution is -0.384. The number of alkyl halides is 2. The molecule has 2 rings (SSSR count). The van der Waals surface area contributed by atoms with Crippen molar-refractivity contribution in [2.24, 2.45) is 5.10 Å². The number of hydrazone groups is 1. The van der Waals surface area contributed by atoms with Gasteiger partial charge in [-0.25, -0.2) is 0 Å². The maximum Gasteiger partial charge on any atom is 0.387 e. The maximum atomic E-state index is 12.2. The van der Waals surface area contributed by atoms with Crippen molar-refractivity contribution in [1.82, 2.24) is 0 Å². The molecule has 23 heavy (non-hydrogen) atoms. The predicted octanol–water partition coefficient (Wildman–Crippen LogP) is 4.03. The first-order chi connectivity index (χ1) is 11.0. The number of hydrogen-bond donors (Lipinski definition) is 1. The Morgan fingerprint density at radius 3 is 2.70 bits per heavy atom. The average molecular weight is 321 g/mol. The second-order valence-electron chi connectivity index (χ2n) is 4.49. The minimum absolute atomic E-state index is 0.0118. The number of rotatable bonds is 6. The Hall–Kier alpha value is -3.03. The molecule has 0 amide bonds. The first-order valence-electron chi connectivity index (χ1n) is 6.56. The fourth-order valence-electron chi connectivity index (χ4n) is 1.83. The van der Waals surface area contributed by atoms with Gasteiger partial charge in [0.05, 0.1) is 10.6 Å². The van der Waals surface area contributed by atoms with E-state index in [0.717, 1.165) is 0 Å². The zero-order chi connectivity index (χ0) is 16.8. The molecule has 0 saturated heterocycles. The largest absolute Gasteiger partial charge is 0.435 e. The molecular formula is C15H13F2N3O3. The van der Waals surface area contributed by atoms with E-state index >= 15 is 0 Å². The average Bonchev–Trinajstić information content (AvgIpc) is 2.52. The molecule has 120 valence electrons. The van der Waals surface area contributed by atoms with Crippen LogP contribution < -0.4 is 10.2 Å². The lowest BCUT2D eigenvalue weighted by atomic mass is 10.1. The van der Waals surface area contributed by atoms with Crippen molar-refractivity contribution >= 4 is 17.1 Å². The van der Waals surface area contributed by atoms with Gasteiger partial charge in [0.15, 0.2) is 0 Å². The number of halogens is 2. The molecule has 0 aliphatic heterocycles. The molecule has 0 spiro atoms. The molecule has 0 aliphatic rings. The van der Waals surface area contributed by atoms with Crippen LogP contribution in [0.4, 0.5) is 20.2 Å². The van der Waals surface area contributed by atoms with Crippen molar-refractivity contribution in [2.45, 2.75) is 13.5 Å². The second-order valence-corrected chi connectivity index (χ2v) is 4.49. The third kappa shape index (κ3) is 4.47. The van der Waals surface area contributed by atoms with E-state index in [-0.39, 0.29) is 17.1 Å². The number of nitrogens with zero attached hydrogens (tertiary/aromatic N) is 2. The lowest BCUT2D eigenvalue weighted by Crippen LogP contribution is -2.04. The topological polar surface area (TPSA) is 76.8 Å². The van der Waals surface area contributed by atoms with Crippen LogP contribution in [0.2, 0.25) is 0 Å². The molecule has 0 radical (unpaired) electrons. The Morgan fingerprint density at radius 1 is 1.26 bits per heavy atom. The molecule has 0 unspecified atom stereocenters. The molecule has 6 nitrogen and oxygen atoms in total. The standard InChI is InChI=1S/C15H13F2N3O3/c1-10(11-5-4-6-12(9-11)23-15(16)17)18-19-13-7-2-3-8-14(13)20(21)22/h2-9,15,19H,1H3/b18-10-. The number of anilines is 1. The molecule has 0 heterocycles. The van der Waals surface area contributed by atoms with Crippen molar-refractivity contribution < 1.29 is 18.4 Å². The van der Waals surface area contributed by atoms with Gasteiger partial charge < -0.3 is 4.74 Å². The van der Waals surface area contributed by atoms with Crippen LogP contribution in [0.25, 0.3) is 0 Å². The number of benzene rings is 2. The Balaban J connectivity index is 2.19. The van der Waals surface area contributed by atoms with Crippen LogP contribution >= 0.6 is 0 Å². The molecular weight excluding hydrogens is 308 g/mol. The van der Waals surface area contributed by atoms with Gasteiger partial charge in [0.25, 0.3) is 5.69 Å². The molecule has 1 N–H and O–H groups in total. The van der Waals surface area contributed by atoms with Crippen LogP contribution in [-0.2, 0) is 0 Å². The van der Waals surface area contributed by atoms with E-state index < -0.39 is 11.5 Å². The van der Waals surface area contributed by atoms with Crippen LogP contribution in [-0.4, -0.2) is 17.2 Å². The molecule has 0 aromatic heterocycles. The quantitative estimate of drug-likeness (QED) is 0.495. The number of hydrogen-bond acceptors (Lipinski definition) is 5. The van der Waals surface area contributed by atoms with Gasteiger partial charge in [-0.3, -0.25) is 15.5 Å². The van der Waals surface area contributed by atoms with Crippen molar-refractivity contribution in [3.05, 3.63) is 64.2 Å². The Labute approximate surface area is 130 Å². The molecule has 0 saturated carbocycles. The summed E-state index contributed by atoms with van der Waals surface area (Å²) >= 11 is 0. The second kappa shape index (κ2) is 7.30. The monoisotopic (exact) mass is 321 g/mol. The van der Waals surface area contributed by atoms with Gasteiger partial charge in [0, 0.05) is 11.6 Å². The van der Waals surface area contributed by atoms with Crippen molar-refractivity contribution in [1.29, 1.82) is 0 Å². The van der Waals surface area contributed by atoms with Crippen LogP contribution in [0, 0.1) is 10.1 Å². The zero-order valence-corrected chi connectivity index (χ0v) is 12.1. The van der Waals surface area contributed by atoms with Crippen molar-refractivity contribution in [3.63, 3.8) is 0 Å². The van der Waals surface area contributed by atoms with Gasteiger partial charge in [0.1, 0.15) is 11.4 Å².